The number of benzene rings is 2. The Bertz CT molecular complexity index is 506. The maximum atomic E-state index is 5.94. The van der Waals surface area contributed by atoms with E-state index in [2.05, 4.69) is 48.0 Å². The van der Waals surface area contributed by atoms with Gasteiger partial charge in [0, 0.05) is 5.56 Å². The van der Waals surface area contributed by atoms with Crippen LogP contribution in [0.2, 0.25) is 0 Å². The average Bonchev–Trinajstić information content (AvgIpc) is 2.38. The highest BCUT2D eigenvalue weighted by molar-refractivity contribution is 9.10. The second kappa shape index (κ2) is 6.05. The second-order valence-corrected chi connectivity index (χ2v) is 5.54. The lowest BCUT2D eigenvalue weighted by Gasteiger charge is -2.15. The van der Waals surface area contributed by atoms with Gasteiger partial charge in [0.1, 0.15) is 5.75 Å². The number of hydrogen-bond acceptors (Lipinski definition) is 1. The summed E-state index contributed by atoms with van der Waals surface area (Å²) in [5, 5.41) is 0. The molecule has 0 bridgehead atoms. The highest BCUT2D eigenvalue weighted by Gasteiger charge is 2.10. The topological polar surface area (TPSA) is 9.23 Å². The van der Waals surface area contributed by atoms with Crippen LogP contribution in [0.3, 0.4) is 0 Å². The zero-order valence-electron chi connectivity index (χ0n) is 10.7. The summed E-state index contributed by atoms with van der Waals surface area (Å²) in [6.45, 7) is 5.03. The molecule has 0 unspecified atom stereocenters. The molecule has 0 saturated heterocycles. The molecule has 0 aliphatic rings. The maximum absolute atomic E-state index is 5.94. The van der Waals surface area contributed by atoms with E-state index in [9.17, 15) is 0 Å². The summed E-state index contributed by atoms with van der Waals surface area (Å²) in [5.74, 6) is 1.44. The Balaban J connectivity index is 2.38. The minimum atomic E-state index is 0.515. The van der Waals surface area contributed by atoms with Crippen molar-refractivity contribution in [1.82, 2.24) is 0 Å². The highest BCUT2D eigenvalue weighted by Crippen LogP contribution is 2.36. The number of rotatable bonds is 4. The van der Waals surface area contributed by atoms with Crippen molar-refractivity contribution in [2.75, 3.05) is 6.61 Å². The molecule has 0 aliphatic heterocycles. The second-order valence-electron chi connectivity index (χ2n) is 4.69. The third-order valence-corrected chi connectivity index (χ3v) is 3.24. The predicted octanol–water partition coefficient (Wildman–Crippen LogP) is 5.15. The van der Waals surface area contributed by atoms with Crippen molar-refractivity contribution in [2.45, 2.75) is 13.8 Å². The maximum Gasteiger partial charge on any atom is 0.141 e. The van der Waals surface area contributed by atoms with Gasteiger partial charge >= 0.3 is 0 Å². The van der Waals surface area contributed by atoms with Gasteiger partial charge in [-0.2, -0.15) is 0 Å². The van der Waals surface area contributed by atoms with Crippen molar-refractivity contribution in [2.24, 2.45) is 5.92 Å². The van der Waals surface area contributed by atoms with Crippen LogP contribution in [0.15, 0.2) is 53.0 Å². The lowest BCUT2D eigenvalue weighted by atomic mass is 10.0. The largest absolute Gasteiger partial charge is 0.491 e. The molecule has 0 amide bonds. The van der Waals surface area contributed by atoms with E-state index >= 15 is 0 Å². The first-order chi connectivity index (χ1) is 8.68. The smallest absolute Gasteiger partial charge is 0.141 e. The van der Waals surface area contributed by atoms with Gasteiger partial charge in [-0.1, -0.05) is 56.3 Å². The van der Waals surface area contributed by atoms with Crippen LogP contribution in [0.5, 0.6) is 5.75 Å². The molecule has 2 aromatic rings. The molecule has 0 aliphatic carbocycles. The van der Waals surface area contributed by atoms with Crippen LogP contribution in [-0.4, -0.2) is 6.61 Å². The minimum Gasteiger partial charge on any atom is -0.491 e. The molecule has 0 N–H and O–H groups in total. The molecule has 0 saturated carbocycles. The zero-order valence-corrected chi connectivity index (χ0v) is 12.3. The lowest BCUT2D eigenvalue weighted by molar-refractivity contribution is 0.270. The molecule has 0 atom stereocenters. The SMILES string of the molecule is CC(C)COc1c(Br)cccc1-c1ccccc1. The molecule has 2 heteroatoms. The van der Waals surface area contributed by atoms with Crippen molar-refractivity contribution < 1.29 is 4.74 Å². The van der Waals surface area contributed by atoms with Crippen LogP contribution < -0.4 is 4.74 Å². The van der Waals surface area contributed by atoms with Gasteiger partial charge in [-0.3, -0.25) is 0 Å². The Labute approximate surface area is 117 Å². The first-order valence-corrected chi connectivity index (χ1v) is 6.94. The van der Waals surface area contributed by atoms with E-state index in [1.807, 2.05) is 30.3 Å². The van der Waals surface area contributed by atoms with Crippen LogP contribution in [0.4, 0.5) is 0 Å². The Morgan fingerprint density at radius 1 is 1.00 bits per heavy atom. The van der Waals surface area contributed by atoms with Crippen LogP contribution in [0.1, 0.15) is 13.8 Å². The molecular formula is C16H17BrO. The first kappa shape index (κ1) is 13.2. The minimum absolute atomic E-state index is 0.515. The van der Waals surface area contributed by atoms with Gasteiger partial charge < -0.3 is 4.74 Å². The molecule has 0 radical (unpaired) electrons. The van der Waals surface area contributed by atoms with Gasteiger partial charge in [0.15, 0.2) is 0 Å². The van der Waals surface area contributed by atoms with Crippen LogP contribution in [0.25, 0.3) is 11.1 Å². The summed E-state index contributed by atoms with van der Waals surface area (Å²) in [4.78, 5) is 0. The van der Waals surface area contributed by atoms with E-state index in [1.54, 1.807) is 0 Å². The van der Waals surface area contributed by atoms with Crippen molar-refractivity contribution in [3.05, 3.63) is 53.0 Å². The van der Waals surface area contributed by atoms with Gasteiger partial charge in [0.2, 0.25) is 0 Å². The number of halogens is 1. The van der Waals surface area contributed by atoms with Gasteiger partial charge in [-0.15, -0.1) is 0 Å². The van der Waals surface area contributed by atoms with E-state index in [0.29, 0.717) is 5.92 Å². The Morgan fingerprint density at radius 2 is 1.72 bits per heavy atom. The van der Waals surface area contributed by atoms with Gasteiger partial charge in [0.05, 0.1) is 11.1 Å². The van der Waals surface area contributed by atoms with E-state index in [-0.39, 0.29) is 0 Å². The summed E-state index contributed by atoms with van der Waals surface area (Å²) in [6.07, 6.45) is 0. The molecule has 94 valence electrons. The number of para-hydroxylation sites is 1. The lowest BCUT2D eigenvalue weighted by Crippen LogP contribution is -2.05. The molecule has 0 aromatic heterocycles. The molecular weight excluding hydrogens is 288 g/mol. The molecule has 1 nitrogen and oxygen atoms in total. The van der Waals surface area contributed by atoms with E-state index in [4.69, 9.17) is 4.74 Å². The van der Waals surface area contributed by atoms with Crippen molar-refractivity contribution in [1.29, 1.82) is 0 Å². The third kappa shape index (κ3) is 3.14. The van der Waals surface area contributed by atoms with Crippen LogP contribution in [0, 0.1) is 5.92 Å². The summed E-state index contributed by atoms with van der Waals surface area (Å²) < 4.78 is 6.94. The Morgan fingerprint density at radius 3 is 2.39 bits per heavy atom. The van der Waals surface area contributed by atoms with E-state index in [0.717, 1.165) is 22.4 Å². The summed E-state index contributed by atoms with van der Waals surface area (Å²) in [7, 11) is 0. The van der Waals surface area contributed by atoms with E-state index in [1.165, 1.54) is 5.56 Å². The van der Waals surface area contributed by atoms with Gasteiger partial charge in [0.25, 0.3) is 0 Å². The molecule has 0 heterocycles. The monoisotopic (exact) mass is 304 g/mol. The summed E-state index contributed by atoms with van der Waals surface area (Å²) >= 11 is 3.57. The molecule has 0 spiro atoms. The molecule has 18 heavy (non-hydrogen) atoms. The Kier molecular flexibility index (Phi) is 4.43. The summed E-state index contributed by atoms with van der Waals surface area (Å²) in [6, 6.07) is 16.5. The standard InChI is InChI=1S/C16H17BrO/c1-12(2)11-18-16-14(9-6-10-15(16)17)13-7-4-3-5-8-13/h3-10,12H,11H2,1-2H3. The van der Waals surface area contributed by atoms with E-state index < -0.39 is 0 Å². The zero-order chi connectivity index (χ0) is 13.0. The third-order valence-electron chi connectivity index (χ3n) is 2.61. The van der Waals surface area contributed by atoms with Crippen LogP contribution >= 0.6 is 15.9 Å². The van der Waals surface area contributed by atoms with Gasteiger partial charge in [-0.25, -0.2) is 0 Å². The normalized spacial score (nSPS) is 10.7. The Hall–Kier alpha value is -1.28. The van der Waals surface area contributed by atoms with Crippen molar-refractivity contribution in [3.8, 4) is 16.9 Å². The number of hydrogen-bond donors (Lipinski definition) is 0. The number of ether oxygens (including phenoxy) is 1. The molecule has 2 aromatic carbocycles. The molecule has 0 fully saturated rings. The first-order valence-electron chi connectivity index (χ1n) is 6.15. The fraction of sp³-hybridized carbons (Fsp3) is 0.250. The quantitative estimate of drug-likeness (QED) is 0.759. The fourth-order valence-electron chi connectivity index (χ4n) is 1.75. The van der Waals surface area contributed by atoms with Crippen molar-refractivity contribution >= 4 is 15.9 Å². The molecule has 2 rings (SSSR count). The predicted molar refractivity (Wildman–Crippen MR) is 79.9 cm³/mol. The average molecular weight is 305 g/mol. The van der Waals surface area contributed by atoms with Crippen LogP contribution in [-0.2, 0) is 0 Å². The summed E-state index contributed by atoms with van der Waals surface area (Å²) in [5.41, 5.74) is 2.31. The highest BCUT2D eigenvalue weighted by atomic mass is 79.9. The fourth-order valence-corrected chi connectivity index (χ4v) is 2.23. The van der Waals surface area contributed by atoms with Crippen molar-refractivity contribution in [3.63, 3.8) is 0 Å². The van der Waals surface area contributed by atoms with Gasteiger partial charge in [-0.05, 0) is 33.5 Å².